The molecule has 0 bridgehead atoms. The van der Waals surface area contributed by atoms with Crippen LogP contribution in [0.5, 0.6) is 5.75 Å². The summed E-state index contributed by atoms with van der Waals surface area (Å²) < 4.78 is 5.20. The Balaban J connectivity index is 1.83. The third kappa shape index (κ3) is 2.69. The van der Waals surface area contributed by atoms with Crippen LogP contribution in [0, 0.1) is 0 Å². The van der Waals surface area contributed by atoms with E-state index >= 15 is 0 Å². The zero-order valence-electron chi connectivity index (χ0n) is 11.7. The molecule has 1 saturated heterocycles. The predicted molar refractivity (Wildman–Crippen MR) is 79.9 cm³/mol. The number of hydrogen-bond donors (Lipinski definition) is 2. The molecular weight excluding hydrogens is 270 g/mol. The van der Waals surface area contributed by atoms with Gasteiger partial charge in [-0.3, -0.25) is 4.98 Å². The Morgan fingerprint density at radius 3 is 3.05 bits per heavy atom. The highest BCUT2D eigenvalue weighted by molar-refractivity contribution is 5.92. The lowest BCUT2D eigenvalue weighted by atomic mass is 10.1. The molecule has 0 radical (unpaired) electrons. The summed E-state index contributed by atoms with van der Waals surface area (Å²) in [7, 11) is 1.63. The first-order valence-corrected chi connectivity index (χ1v) is 6.84. The van der Waals surface area contributed by atoms with Gasteiger partial charge < -0.3 is 20.1 Å². The minimum atomic E-state index is -0.858. The van der Waals surface area contributed by atoms with Crippen molar-refractivity contribution in [2.24, 2.45) is 0 Å². The fourth-order valence-corrected chi connectivity index (χ4v) is 2.65. The van der Waals surface area contributed by atoms with Crippen molar-refractivity contribution >= 4 is 22.7 Å². The molecule has 1 unspecified atom stereocenters. The van der Waals surface area contributed by atoms with Crippen LogP contribution in [0.3, 0.4) is 0 Å². The van der Waals surface area contributed by atoms with Crippen LogP contribution in [0.15, 0.2) is 30.5 Å². The Labute approximate surface area is 122 Å². The molecule has 6 nitrogen and oxygen atoms in total. The molecule has 1 aliphatic rings. The van der Waals surface area contributed by atoms with E-state index in [0.717, 1.165) is 28.8 Å². The van der Waals surface area contributed by atoms with Crippen molar-refractivity contribution in [3.05, 3.63) is 30.5 Å². The van der Waals surface area contributed by atoms with Gasteiger partial charge in [-0.2, -0.15) is 0 Å². The average Bonchev–Trinajstić information content (AvgIpc) is 2.96. The number of anilines is 1. The number of amides is 1. The first-order chi connectivity index (χ1) is 10.2. The fourth-order valence-electron chi connectivity index (χ4n) is 2.65. The van der Waals surface area contributed by atoms with Gasteiger partial charge in [0.2, 0.25) is 0 Å². The number of benzene rings is 1. The van der Waals surface area contributed by atoms with Gasteiger partial charge in [0.15, 0.2) is 0 Å². The second kappa shape index (κ2) is 5.47. The molecule has 2 aromatic rings. The molecule has 1 amide bonds. The molecule has 0 saturated carbocycles. The van der Waals surface area contributed by atoms with Gasteiger partial charge in [0, 0.05) is 42.5 Å². The van der Waals surface area contributed by atoms with Gasteiger partial charge >= 0.3 is 6.09 Å². The summed E-state index contributed by atoms with van der Waals surface area (Å²) in [6, 6.07) is 7.80. The van der Waals surface area contributed by atoms with E-state index in [1.54, 1.807) is 13.3 Å². The van der Waals surface area contributed by atoms with Crippen molar-refractivity contribution in [1.29, 1.82) is 0 Å². The molecule has 1 fully saturated rings. The second-order valence-corrected chi connectivity index (χ2v) is 5.10. The highest BCUT2D eigenvalue weighted by Crippen LogP contribution is 2.27. The first kappa shape index (κ1) is 13.5. The summed E-state index contributed by atoms with van der Waals surface area (Å²) in [5, 5.41) is 13.4. The van der Waals surface area contributed by atoms with Crippen molar-refractivity contribution in [3.8, 4) is 5.75 Å². The predicted octanol–water partition coefficient (Wildman–Crippen LogP) is 2.41. The smallest absolute Gasteiger partial charge is 0.407 e. The van der Waals surface area contributed by atoms with Crippen LogP contribution in [0.1, 0.15) is 6.42 Å². The molecule has 6 heteroatoms. The van der Waals surface area contributed by atoms with Gasteiger partial charge in [-0.05, 0) is 24.6 Å². The van der Waals surface area contributed by atoms with Crippen molar-refractivity contribution in [1.82, 2.24) is 9.88 Å². The van der Waals surface area contributed by atoms with Crippen molar-refractivity contribution in [2.75, 3.05) is 25.5 Å². The Kier molecular flexibility index (Phi) is 3.51. The maximum Gasteiger partial charge on any atom is 0.407 e. The Bertz CT molecular complexity index is 674. The molecule has 1 atom stereocenters. The fraction of sp³-hybridized carbons (Fsp3) is 0.333. The van der Waals surface area contributed by atoms with Crippen LogP contribution < -0.4 is 10.1 Å². The molecule has 110 valence electrons. The standard InChI is InChI=1S/C15H17N3O3/c1-21-11-2-3-12-13(4-6-16-14(12)8-11)17-10-5-7-18(9-10)15(19)20/h2-4,6,8,10H,5,7,9H2,1H3,(H,16,17)(H,19,20). The lowest BCUT2D eigenvalue weighted by molar-refractivity contribution is 0.155. The average molecular weight is 287 g/mol. The maximum atomic E-state index is 11.0. The molecule has 1 aromatic heterocycles. The number of carbonyl (C=O) groups is 1. The normalized spacial score (nSPS) is 18.0. The zero-order chi connectivity index (χ0) is 14.8. The number of nitrogens with one attached hydrogen (secondary N) is 1. The van der Waals surface area contributed by atoms with E-state index < -0.39 is 6.09 Å². The van der Waals surface area contributed by atoms with Crippen LogP contribution in [-0.4, -0.2) is 47.3 Å². The van der Waals surface area contributed by atoms with Gasteiger partial charge in [-0.15, -0.1) is 0 Å². The van der Waals surface area contributed by atoms with Crippen LogP contribution >= 0.6 is 0 Å². The monoisotopic (exact) mass is 287 g/mol. The number of ether oxygens (including phenoxy) is 1. The second-order valence-electron chi connectivity index (χ2n) is 5.10. The van der Waals surface area contributed by atoms with E-state index in [9.17, 15) is 4.79 Å². The third-order valence-corrected chi connectivity index (χ3v) is 3.77. The van der Waals surface area contributed by atoms with E-state index in [0.29, 0.717) is 13.1 Å². The van der Waals surface area contributed by atoms with E-state index in [1.165, 1.54) is 4.90 Å². The number of rotatable bonds is 3. The topological polar surface area (TPSA) is 74.7 Å². The highest BCUT2D eigenvalue weighted by atomic mass is 16.5. The molecule has 0 aliphatic carbocycles. The van der Waals surface area contributed by atoms with Gasteiger partial charge in [-0.1, -0.05) is 0 Å². The molecule has 3 rings (SSSR count). The SMILES string of the molecule is COc1ccc2c(NC3CCN(C(=O)O)C3)ccnc2c1. The maximum absolute atomic E-state index is 11.0. The molecule has 2 N–H and O–H groups in total. The largest absolute Gasteiger partial charge is 0.497 e. The summed E-state index contributed by atoms with van der Waals surface area (Å²) in [5.74, 6) is 0.769. The lowest BCUT2D eigenvalue weighted by Crippen LogP contribution is -2.30. The highest BCUT2D eigenvalue weighted by Gasteiger charge is 2.25. The Morgan fingerprint density at radius 1 is 1.48 bits per heavy atom. The van der Waals surface area contributed by atoms with Gasteiger partial charge in [-0.25, -0.2) is 4.79 Å². The van der Waals surface area contributed by atoms with Crippen LogP contribution in [0.4, 0.5) is 10.5 Å². The van der Waals surface area contributed by atoms with Crippen molar-refractivity contribution in [3.63, 3.8) is 0 Å². The quantitative estimate of drug-likeness (QED) is 0.906. The number of fused-ring (bicyclic) bond motifs is 1. The molecule has 1 aromatic carbocycles. The van der Waals surface area contributed by atoms with E-state index in [1.807, 2.05) is 24.3 Å². The Morgan fingerprint density at radius 2 is 2.33 bits per heavy atom. The van der Waals surface area contributed by atoms with Crippen molar-refractivity contribution in [2.45, 2.75) is 12.5 Å². The molecule has 21 heavy (non-hydrogen) atoms. The van der Waals surface area contributed by atoms with Gasteiger partial charge in [0.05, 0.1) is 12.6 Å². The third-order valence-electron chi connectivity index (χ3n) is 3.77. The molecule has 0 spiro atoms. The summed E-state index contributed by atoms with van der Waals surface area (Å²) >= 11 is 0. The number of nitrogens with zero attached hydrogens (tertiary/aromatic N) is 2. The van der Waals surface area contributed by atoms with Crippen LogP contribution in [0.2, 0.25) is 0 Å². The number of aromatic nitrogens is 1. The minimum absolute atomic E-state index is 0.133. The van der Waals surface area contributed by atoms with E-state index in [2.05, 4.69) is 10.3 Å². The van der Waals surface area contributed by atoms with Gasteiger partial charge in [0.25, 0.3) is 0 Å². The number of carboxylic acid groups (broad SMARTS) is 1. The van der Waals surface area contributed by atoms with Crippen molar-refractivity contribution < 1.29 is 14.6 Å². The van der Waals surface area contributed by atoms with Crippen LogP contribution in [0.25, 0.3) is 10.9 Å². The molecular formula is C15H17N3O3. The molecule has 2 heterocycles. The van der Waals surface area contributed by atoms with Crippen LogP contribution in [-0.2, 0) is 0 Å². The number of likely N-dealkylation sites (tertiary alicyclic amines) is 1. The van der Waals surface area contributed by atoms with E-state index in [-0.39, 0.29) is 6.04 Å². The Hall–Kier alpha value is -2.50. The van der Waals surface area contributed by atoms with E-state index in [4.69, 9.17) is 9.84 Å². The lowest BCUT2D eigenvalue weighted by Gasteiger charge is -2.16. The molecule has 1 aliphatic heterocycles. The van der Waals surface area contributed by atoms with Gasteiger partial charge in [0.1, 0.15) is 5.75 Å². The zero-order valence-corrected chi connectivity index (χ0v) is 11.7. The number of pyridine rings is 1. The number of methoxy groups -OCH3 is 1. The summed E-state index contributed by atoms with van der Waals surface area (Å²) in [4.78, 5) is 16.7. The first-order valence-electron chi connectivity index (χ1n) is 6.84. The summed E-state index contributed by atoms with van der Waals surface area (Å²) in [6.45, 7) is 1.08. The summed E-state index contributed by atoms with van der Waals surface area (Å²) in [5.41, 5.74) is 1.83. The summed E-state index contributed by atoms with van der Waals surface area (Å²) in [6.07, 6.45) is 1.70. The minimum Gasteiger partial charge on any atom is -0.497 e. The number of hydrogen-bond acceptors (Lipinski definition) is 4.